The van der Waals surface area contributed by atoms with E-state index in [1.807, 2.05) is 12.1 Å². The van der Waals surface area contributed by atoms with Crippen LogP contribution >= 0.6 is 0 Å². The van der Waals surface area contributed by atoms with Crippen LogP contribution in [0.1, 0.15) is 29.5 Å². The van der Waals surface area contributed by atoms with Crippen LogP contribution in [0.5, 0.6) is 0 Å². The minimum atomic E-state index is 0.850. The van der Waals surface area contributed by atoms with Gasteiger partial charge in [0.15, 0.2) is 0 Å². The number of hydrogen-bond acceptors (Lipinski definition) is 1. The second-order valence-corrected chi connectivity index (χ2v) is 3.08. The highest BCUT2D eigenvalue weighted by atomic mass is 14.3. The molecule has 59 valence electrons. The van der Waals surface area contributed by atoms with Gasteiger partial charge in [-0.2, -0.15) is 5.26 Å². The maximum atomic E-state index is 8.83. The Morgan fingerprint density at radius 3 is 3.08 bits per heavy atom. The first-order valence-electron chi connectivity index (χ1n) is 4.27. The predicted octanol–water partition coefficient (Wildman–Crippen LogP) is 2.45. The highest BCUT2D eigenvalue weighted by molar-refractivity contribution is 5.46. The lowest BCUT2D eigenvalue weighted by molar-refractivity contribution is 0.773. The maximum Gasteiger partial charge on any atom is 0.0994 e. The molecule has 0 heterocycles. The van der Waals surface area contributed by atoms with E-state index in [4.69, 9.17) is 5.26 Å². The Bertz CT molecular complexity index is 333. The third kappa shape index (κ3) is 1.10. The van der Waals surface area contributed by atoms with E-state index in [9.17, 15) is 0 Å². The average Bonchev–Trinajstić information content (AvgIpc) is 2.17. The summed E-state index contributed by atoms with van der Waals surface area (Å²) in [6.45, 7) is 0. The van der Waals surface area contributed by atoms with Crippen molar-refractivity contribution in [3.8, 4) is 6.07 Å². The zero-order valence-electron chi connectivity index (χ0n) is 6.88. The Morgan fingerprint density at radius 2 is 2.25 bits per heavy atom. The SMILES string of the molecule is N#Cc1cccc2c1CCC[CH]2. The average molecular weight is 156 g/mol. The molecule has 0 aromatic heterocycles. The van der Waals surface area contributed by atoms with E-state index in [0.29, 0.717) is 0 Å². The summed E-state index contributed by atoms with van der Waals surface area (Å²) in [5.74, 6) is 0. The van der Waals surface area contributed by atoms with Gasteiger partial charge in [0.1, 0.15) is 0 Å². The van der Waals surface area contributed by atoms with E-state index in [-0.39, 0.29) is 0 Å². The van der Waals surface area contributed by atoms with Crippen LogP contribution in [-0.2, 0) is 6.42 Å². The lowest BCUT2D eigenvalue weighted by atomic mass is 9.89. The van der Waals surface area contributed by atoms with Crippen LogP contribution in [-0.4, -0.2) is 0 Å². The van der Waals surface area contributed by atoms with Gasteiger partial charge in [0.2, 0.25) is 0 Å². The molecule has 0 unspecified atom stereocenters. The van der Waals surface area contributed by atoms with Gasteiger partial charge < -0.3 is 0 Å². The zero-order valence-corrected chi connectivity index (χ0v) is 6.88. The van der Waals surface area contributed by atoms with Crippen LogP contribution in [0.3, 0.4) is 0 Å². The van der Waals surface area contributed by atoms with Crippen molar-refractivity contribution in [2.24, 2.45) is 0 Å². The van der Waals surface area contributed by atoms with Gasteiger partial charge in [0.25, 0.3) is 0 Å². The van der Waals surface area contributed by atoms with E-state index in [1.54, 1.807) is 0 Å². The summed E-state index contributed by atoms with van der Waals surface area (Å²) in [7, 11) is 0. The van der Waals surface area contributed by atoms with Crippen LogP contribution in [0.4, 0.5) is 0 Å². The molecule has 0 saturated carbocycles. The van der Waals surface area contributed by atoms with Crippen molar-refractivity contribution in [2.75, 3.05) is 0 Å². The van der Waals surface area contributed by atoms with Gasteiger partial charge in [-0.1, -0.05) is 12.1 Å². The predicted molar refractivity (Wildman–Crippen MR) is 47.5 cm³/mol. The minimum absolute atomic E-state index is 0.850. The first-order valence-corrected chi connectivity index (χ1v) is 4.27. The van der Waals surface area contributed by atoms with E-state index >= 15 is 0 Å². The van der Waals surface area contributed by atoms with Crippen molar-refractivity contribution >= 4 is 0 Å². The van der Waals surface area contributed by atoms with Crippen molar-refractivity contribution < 1.29 is 0 Å². The molecule has 12 heavy (non-hydrogen) atoms. The fourth-order valence-corrected chi connectivity index (χ4v) is 1.72. The van der Waals surface area contributed by atoms with Gasteiger partial charge in [-0.05, 0) is 42.9 Å². The molecule has 1 nitrogen and oxygen atoms in total. The smallest absolute Gasteiger partial charge is 0.0994 e. The lowest BCUT2D eigenvalue weighted by Crippen LogP contribution is -2.02. The summed E-state index contributed by atoms with van der Waals surface area (Å²) in [6.07, 6.45) is 5.63. The van der Waals surface area contributed by atoms with E-state index in [2.05, 4.69) is 18.6 Å². The van der Waals surface area contributed by atoms with Crippen molar-refractivity contribution in [1.29, 1.82) is 5.26 Å². The van der Waals surface area contributed by atoms with Crippen LogP contribution in [0.15, 0.2) is 18.2 Å². The van der Waals surface area contributed by atoms with Crippen molar-refractivity contribution in [3.63, 3.8) is 0 Å². The highest BCUT2D eigenvalue weighted by Crippen LogP contribution is 2.24. The third-order valence-electron chi connectivity index (χ3n) is 2.33. The van der Waals surface area contributed by atoms with E-state index < -0.39 is 0 Å². The zero-order chi connectivity index (χ0) is 8.39. The number of rotatable bonds is 0. The molecule has 2 rings (SSSR count). The summed E-state index contributed by atoms with van der Waals surface area (Å²) in [4.78, 5) is 0. The number of nitriles is 1. The fraction of sp³-hybridized carbons (Fsp3) is 0.273. The summed E-state index contributed by atoms with van der Waals surface area (Å²) >= 11 is 0. The van der Waals surface area contributed by atoms with Crippen molar-refractivity contribution in [1.82, 2.24) is 0 Å². The van der Waals surface area contributed by atoms with Gasteiger partial charge in [-0.25, -0.2) is 0 Å². The monoisotopic (exact) mass is 156 g/mol. The maximum absolute atomic E-state index is 8.83. The molecule has 1 aromatic carbocycles. The van der Waals surface area contributed by atoms with Crippen molar-refractivity contribution in [3.05, 3.63) is 41.3 Å². The van der Waals surface area contributed by atoms with Crippen molar-refractivity contribution in [2.45, 2.75) is 19.3 Å². The number of hydrogen-bond donors (Lipinski definition) is 0. The molecule has 0 fully saturated rings. The van der Waals surface area contributed by atoms with Crippen LogP contribution in [0.2, 0.25) is 0 Å². The second kappa shape index (κ2) is 2.98. The first kappa shape index (κ1) is 7.36. The topological polar surface area (TPSA) is 23.8 Å². The molecule has 0 spiro atoms. The number of nitrogens with zero attached hydrogens (tertiary/aromatic N) is 1. The Balaban J connectivity index is 2.53. The molecule has 0 N–H and O–H groups in total. The fourth-order valence-electron chi connectivity index (χ4n) is 1.72. The Kier molecular flexibility index (Phi) is 1.83. The molecule has 1 aromatic rings. The number of fused-ring (bicyclic) bond motifs is 1. The molecule has 1 heteroatoms. The molecule has 0 amide bonds. The van der Waals surface area contributed by atoms with Crippen LogP contribution in [0.25, 0.3) is 0 Å². The molecular weight excluding hydrogens is 146 g/mol. The molecule has 1 aliphatic rings. The molecule has 0 aliphatic heterocycles. The summed E-state index contributed by atoms with van der Waals surface area (Å²) in [5, 5.41) is 8.83. The van der Waals surface area contributed by atoms with Gasteiger partial charge in [0, 0.05) is 0 Å². The summed E-state index contributed by atoms with van der Waals surface area (Å²) in [5.41, 5.74) is 3.36. The molecule has 1 radical (unpaired) electrons. The quantitative estimate of drug-likeness (QED) is 0.566. The summed E-state index contributed by atoms with van der Waals surface area (Å²) < 4.78 is 0. The normalized spacial score (nSPS) is 14.9. The van der Waals surface area contributed by atoms with E-state index in [1.165, 1.54) is 17.5 Å². The van der Waals surface area contributed by atoms with Gasteiger partial charge in [-0.3, -0.25) is 0 Å². The molecular formula is C11H10N. The lowest BCUT2D eigenvalue weighted by Gasteiger charge is -2.15. The molecule has 1 aliphatic carbocycles. The largest absolute Gasteiger partial charge is 0.192 e. The third-order valence-corrected chi connectivity index (χ3v) is 2.33. The van der Waals surface area contributed by atoms with Crippen LogP contribution < -0.4 is 0 Å². The van der Waals surface area contributed by atoms with Gasteiger partial charge >= 0.3 is 0 Å². The standard InChI is InChI=1S/C11H10N/c12-8-10-6-3-5-9-4-1-2-7-11(9)10/h3-6H,1-2,7H2. The van der Waals surface area contributed by atoms with Gasteiger partial charge in [-0.15, -0.1) is 0 Å². The Labute approximate surface area is 72.6 Å². The first-order chi connectivity index (χ1) is 5.92. The Morgan fingerprint density at radius 1 is 1.33 bits per heavy atom. The molecule has 0 atom stereocenters. The van der Waals surface area contributed by atoms with E-state index in [0.717, 1.165) is 18.4 Å². The van der Waals surface area contributed by atoms with Gasteiger partial charge in [0.05, 0.1) is 11.6 Å². The minimum Gasteiger partial charge on any atom is -0.192 e. The summed E-state index contributed by atoms with van der Waals surface area (Å²) in [6, 6.07) is 8.19. The van der Waals surface area contributed by atoms with Crippen LogP contribution in [0, 0.1) is 17.8 Å². The molecule has 0 saturated heterocycles. The molecule has 0 bridgehead atoms. The number of benzene rings is 1. The second-order valence-electron chi connectivity index (χ2n) is 3.08. The highest BCUT2D eigenvalue weighted by Gasteiger charge is 2.11. The Hall–Kier alpha value is -1.29.